The number of amides is 2. The minimum Gasteiger partial charge on any atom is -0.481 e. The number of carbonyl (C=O) groups is 4. The molecule has 2 heterocycles. The molecule has 0 aromatic carbocycles. The molecule has 0 spiro atoms. The van der Waals surface area contributed by atoms with E-state index in [2.05, 4.69) is 20.3 Å². The highest BCUT2D eigenvalue weighted by Gasteiger charge is 2.30. The van der Waals surface area contributed by atoms with E-state index >= 15 is 0 Å². The predicted octanol–water partition coefficient (Wildman–Crippen LogP) is 3.81. The van der Waals surface area contributed by atoms with Crippen LogP contribution in [0.15, 0.2) is 23.8 Å². The molecule has 2 amide bonds. The van der Waals surface area contributed by atoms with Crippen molar-refractivity contribution in [1.29, 1.82) is 0 Å². The Morgan fingerprint density at radius 2 is 1.90 bits per heavy atom. The number of carboxylic acid groups (broad SMARTS) is 1. The first-order valence-electron chi connectivity index (χ1n) is 13.7. The molecule has 1 aliphatic carbocycles. The fourth-order valence-electron chi connectivity index (χ4n) is 4.71. The third-order valence-electron chi connectivity index (χ3n) is 7.37. The fraction of sp³-hybridized carbons (Fsp3) is 0.607. The number of carboxylic acids is 1. The maximum absolute atomic E-state index is 13.2. The van der Waals surface area contributed by atoms with Crippen LogP contribution in [0.1, 0.15) is 93.1 Å². The Balaban J connectivity index is 1.71. The van der Waals surface area contributed by atoms with Crippen LogP contribution in [-0.4, -0.2) is 67.8 Å². The van der Waals surface area contributed by atoms with Gasteiger partial charge in [0.2, 0.25) is 5.91 Å². The molecule has 0 radical (unpaired) electrons. The van der Waals surface area contributed by atoms with Crippen molar-refractivity contribution in [2.45, 2.75) is 90.3 Å². The van der Waals surface area contributed by atoms with Gasteiger partial charge in [0, 0.05) is 63.1 Å². The van der Waals surface area contributed by atoms with Crippen LogP contribution in [-0.2, 0) is 25.5 Å². The van der Waals surface area contributed by atoms with Crippen molar-refractivity contribution in [3.05, 3.63) is 40.4 Å². The first-order chi connectivity index (χ1) is 19.1. The summed E-state index contributed by atoms with van der Waals surface area (Å²) in [5, 5.41) is 14.3. The SMILES string of the molecule is CC[C@@H](C[C@@H](OC(C)=O)c1nc(C(=O)N[C@@H](Cc2ncccn2)C[C@H](C)C(=O)O)cs1)N(C)C(=O)CC1CCC1. The molecule has 11 nitrogen and oxygen atoms in total. The van der Waals surface area contributed by atoms with Gasteiger partial charge in [-0.15, -0.1) is 11.3 Å². The summed E-state index contributed by atoms with van der Waals surface area (Å²) in [5.74, 6) is -1.58. The number of hydrogen-bond donors (Lipinski definition) is 2. The molecule has 1 aliphatic rings. The monoisotopic (exact) mass is 573 g/mol. The van der Waals surface area contributed by atoms with Crippen molar-refractivity contribution in [2.24, 2.45) is 11.8 Å². The maximum atomic E-state index is 13.2. The fourth-order valence-corrected chi connectivity index (χ4v) is 5.55. The lowest BCUT2D eigenvalue weighted by atomic mass is 9.82. The minimum atomic E-state index is -0.963. The van der Waals surface area contributed by atoms with Gasteiger partial charge < -0.3 is 20.1 Å². The molecule has 2 N–H and O–H groups in total. The van der Waals surface area contributed by atoms with Crippen LogP contribution in [0.2, 0.25) is 0 Å². The number of aromatic nitrogens is 3. The number of nitrogens with one attached hydrogen (secondary N) is 1. The Kier molecular flexibility index (Phi) is 11.5. The molecular weight excluding hydrogens is 534 g/mol. The minimum absolute atomic E-state index is 0.0846. The van der Waals surface area contributed by atoms with Crippen LogP contribution in [0.4, 0.5) is 0 Å². The number of thiazole rings is 1. The molecule has 0 saturated heterocycles. The summed E-state index contributed by atoms with van der Waals surface area (Å²) in [6, 6.07) is 0.986. The molecule has 0 unspecified atom stereocenters. The summed E-state index contributed by atoms with van der Waals surface area (Å²) in [7, 11) is 1.79. The normalized spacial score (nSPS) is 16.2. The van der Waals surface area contributed by atoms with Crippen LogP contribution in [0.5, 0.6) is 0 Å². The molecule has 0 aliphatic heterocycles. The summed E-state index contributed by atoms with van der Waals surface area (Å²) >= 11 is 1.20. The molecule has 1 saturated carbocycles. The van der Waals surface area contributed by atoms with Gasteiger partial charge in [0.25, 0.3) is 5.91 Å². The van der Waals surface area contributed by atoms with E-state index in [-0.39, 0.29) is 30.5 Å². The lowest BCUT2D eigenvalue weighted by Crippen LogP contribution is -2.39. The van der Waals surface area contributed by atoms with Crippen molar-refractivity contribution in [2.75, 3.05) is 7.05 Å². The van der Waals surface area contributed by atoms with Gasteiger partial charge in [-0.05, 0) is 37.7 Å². The Labute approximate surface area is 238 Å². The van der Waals surface area contributed by atoms with E-state index in [0.29, 0.717) is 36.0 Å². The van der Waals surface area contributed by atoms with Gasteiger partial charge in [0.1, 0.15) is 16.5 Å². The van der Waals surface area contributed by atoms with Crippen molar-refractivity contribution in [3.8, 4) is 0 Å². The zero-order valence-corrected chi connectivity index (χ0v) is 24.4. The van der Waals surface area contributed by atoms with E-state index in [1.165, 1.54) is 24.7 Å². The van der Waals surface area contributed by atoms with Gasteiger partial charge in [0.15, 0.2) is 6.10 Å². The highest BCUT2D eigenvalue weighted by atomic mass is 32.1. The number of ether oxygens (including phenoxy) is 1. The van der Waals surface area contributed by atoms with E-state index in [0.717, 1.165) is 12.8 Å². The van der Waals surface area contributed by atoms with E-state index in [1.807, 2.05) is 6.92 Å². The molecule has 4 atom stereocenters. The van der Waals surface area contributed by atoms with Crippen molar-refractivity contribution in [3.63, 3.8) is 0 Å². The molecule has 218 valence electrons. The van der Waals surface area contributed by atoms with Gasteiger partial charge in [-0.3, -0.25) is 19.2 Å². The quantitative estimate of drug-likeness (QED) is 0.303. The molecule has 2 aromatic heterocycles. The Bertz CT molecular complexity index is 1160. The van der Waals surface area contributed by atoms with Gasteiger partial charge in [-0.1, -0.05) is 20.3 Å². The van der Waals surface area contributed by atoms with Gasteiger partial charge in [-0.2, -0.15) is 0 Å². The zero-order valence-electron chi connectivity index (χ0n) is 23.5. The topological polar surface area (TPSA) is 152 Å². The highest BCUT2D eigenvalue weighted by molar-refractivity contribution is 7.09. The summed E-state index contributed by atoms with van der Waals surface area (Å²) in [5.41, 5.74) is 0.140. The molecule has 12 heteroatoms. The Morgan fingerprint density at radius 1 is 1.20 bits per heavy atom. The standard InChI is InChI=1S/C28H39N5O6S/c1-5-21(33(4)25(35)13-19-8-6-9-19)15-23(39-18(3)34)27-32-22(16-40-27)26(36)31-20(12-17(2)28(37)38)14-24-29-10-7-11-30-24/h7,10-11,16-17,19-21,23H,5-6,8-9,12-15H2,1-4H3,(H,31,36)(H,37,38)/t17-,20+,21-,23+/m0/s1. The molecule has 3 rings (SSSR count). The number of hydrogen-bond acceptors (Lipinski definition) is 9. The second-order valence-corrected chi connectivity index (χ2v) is 11.4. The number of nitrogens with zero attached hydrogens (tertiary/aromatic N) is 4. The molecule has 40 heavy (non-hydrogen) atoms. The third kappa shape index (κ3) is 9.07. The van der Waals surface area contributed by atoms with Crippen molar-refractivity contribution < 1.29 is 29.0 Å². The van der Waals surface area contributed by atoms with Gasteiger partial charge >= 0.3 is 11.9 Å². The Hall–Kier alpha value is -3.41. The molecule has 2 aromatic rings. The number of aliphatic carboxylic acids is 1. The molecular formula is C28H39N5O6S. The number of rotatable bonds is 15. The van der Waals surface area contributed by atoms with E-state index in [1.54, 1.807) is 42.7 Å². The van der Waals surface area contributed by atoms with Crippen LogP contribution in [0, 0.1) is 11.8 Å². The smallest absolute Gasteiger partial charge is 0.306 e. The average molecular weight is 574 g/mol. The van der Waals surface area contributed by atoms with Crippen LogP contribution < -0.4 is 5.32 Å². The summed E-state index contributed by atoms with van der Waals surface area (Å²) in [6.07, 6.45) is 7.83. The molecule has 0 bridgehead atoms. The van der Waals surface area contributed by atoms with Crippen LogP contribution in [0.25, 0.3) is 0 Å². The van der Waals surface area contributed by atoms with Gasteiger partial charge in [0.05, 0.1) is 5.92 Å². The number of carbonyl (C=O) groups excluding carboxylic acids is 3. The summed E-state index contributed by atoms with van der Waals surface area (Å²) in [6.45, 7) is 4.88. The second-order valence-electron chi connectivity index (χ2n) is 10.5. The van der Waals surface area contributed by atoms with E-state index in [9.17, 15) is 24.3 Å². The van der Waals surface area contributed by atoms with Gasteiger partial charge in [-0.25, -0.2) is 15.0 Å². The van der Waals surface area contributed by atoms with Crippen LogP contribution >= 0.6 is 11.3 Å². The first-order valence-corrected chi connectivity index (χ1v) is 14.6. The predicted molar refractivity (Wildman–Crippen MR) is 148 cm³/mol. The summed E-state index contributed by atoms with van der Waals surface area (Å²) in [4.78, 5) is 64.0. The zero-order chi connectivity index (χ0) is 29.2. The summed E-state index contributed by atoms with van der Waals surface area (Å²) < 4.78 is 5.60. The lowest BCUT2D eigenvalue weighted by Gasteiger charge is -2.32. The molecule has 1 fully saturated rings. The average Bonchev–Trinajstić information content (AvgIpc) is 3.39. The third-order valence-corrected chi connectivity index (χ3v) is 8.30. The maximum Gasteiger partial charge on any atom is 0.306 e. The van der Waals surface area contributed by atoms with Crippen molar-refractivity contribution in [1.82, 2.24) is 25.2 Å². The first kappa shape index (κ1) is 31.1. The van der Waals surface area contributed by atoms with E-state index < -0.39 is 35.9 Å². The largest absolute Gasteiger partial charge is 0.481 e. The number of esters is 1. The second kappa shape index (κ2) is 14.8. The van der Waals surface area contributed by atoms with Crippen LogP contribution in [0.3, 0.4) is 0 Å². The van der Waals surface area contributed by atoms with E-state index in [4.69, 9.17) is 4.74 Å². The lowest BCUT2D eigenvalue weighted by molar-refractivity contribution is -0.148. The Morgan fingerprint density at radius 3 is 2.48 bits per heavy atom. The highest BCUT2D eigenvalue weighted by Crippen LogP contribution is 2.32. The van der Waals surface area contributed by atoms with Crippen molar-refractivity contribution >= 4 is 35.1 Å².